The molecule has 1 N–H and O–H groups in total. The van der Waals surface area contributed by atoms with Gasteiger partial charge in [0.25, 0.3) is 0 Å². The standard InChI is InChI=1S/C18H26F2O3/c1-3-5-6-7-8-9-10-14(18(21)22)13-11-12-15(23-4-2)17(20)16(13)19/h11-12,14H,3-10H2,1-2H3,(H,21,22). The maximum absolute atomic E-state index is 14.2. The molecule has 0 aliphatic heterocycles. The monoisotopic (exact) mass is 328 g/mol. The number of carboxylic acid groups (broad SMARTS) is 1. The minimum absolute atomic E-state index is 0.105. The van der Waals surface area contributed by atoms with Crippen molar-refractivity contribution >= 4 is 5.97 Å². The van der Waals surface area contributed by atoms with Crippen LogP contribution in [0.2, 0.25) is 0 Å². The molecule has 0 heterocycles. The summed E-state index contributed by atoms with van der Waals surface area (Å²) in [5, 5.41) is 9.34. The highest BCUT2D eigenvalue weighted by Gasteiger charge is 2.26. The Morgan fingerprint density at radius 1 is 1.09 bits per heavy atom. The normalized spacial score (nSPS) is 12.2. The van der Waals surface area contributed by atoms with Crippen molar-refractivity contribution in [2.45, 2.75) is 64.7 Å². The predicted octanol–water partition coefficient (Wildman–Crippen LogP) is 5.28. The van der Waals surface area contributed by atoms with Gasteiger partial charge in [-0.1, -0.05) is 51.5 Å². The van der Waals surface area contributed by atoms with Crippen LogP contribution in [0.4, 0.5) is 8.78 Å². The fourth-order valence-corrected chi connectivity index (χ4v) is 2.62. The molecular formula is C18H26F2O3. The van der Waals surface area contributed by atoms with E-state index in [0.29, 0.717) is 12.8 Å². The van der Waals surface area contributed by atoms with Gasteiger partial charge in [0.05, 0.1) is 12.5 Å². The van der Waals surface area contributed by atoms with Crippen molar-refractivity contribution in [3.05, 3.63) is 29.3 Å². The molecule has 0 bridgehead atoms. The molecule has 1 aromatic rings. The first-order chi connectivity index (χ1) is 11.0. The van der Waals surface area contributed by atoms with Gasteiger partial charge in [0.1, 0.15) is 0 Å². The lowest BCUT2D eigenvalue weighted by molar-refractivity contribution is -0.139. The van der Waals surface area contributed by atoms with Gasteiger partial charge in [-0.2, -0.15) is 4.39 Å². The van der Waals surface area contributed by atoms with Gasteiger partial charge in [0.2, 0.25) is 5.82 Å². The van der Waals surface area contributed by atoms with Crippen LogP contribution in [0.15, 0.2) is 12.1 Å². The van der Waals surface area contributed by atoms with Gasteiger partial charge in [0, 0.05) is 5.56 Å². The molecule has 0 saturated carbocycles. The number of halogens is 2. The molecule has 1 unspecified atom stereocenters. The first kappa shape index (κ1) is 19.4. The molecule has 23 heavy (non-hydrogen) atoms. The molecule has 5 heteroatoms. The topological polar surface area (TPSA) is 46.5 Å². The number of unbranched alkanes of at least 4 members (excludes halogenated alkanes) is 5. The molecule has 0 fully saturated rings. The molecule has 1 rings (SSSR count). The van der Waals surface area contributed by atoms with E-state index in [9.17, 15) is 18.7 Å². The zero-order chi connectivity index (χ0) is 17.2. The van der Waals surface area contributed by atoms with Crippen LogP contribution >= 0.6 is 0 Å². The summed E-state index contributed by atoms with van der Waals surface area (Å²) in [6, 6.07) is 2.62. The zero-order valence-electron chi connectivity index (χ0n) is 13.9. The molecule has 3 nitrogen and oxygen atoms in total. The van der Waals surface area contributed by atoms with Crippen LogP contribution in [0.25, 0.3) is 0 Å². The van der Waals surface area contributed by atoms with Crippen LogP contribution in [0, 0.1) is 11.6 Å². The number of rotatable bonds is 11. The molecule has 1 atom stereocenters. The Kier molecular flexibility index (Phi) is 8.59. The van der Waals surface area contributed by atoms with Crippen LogP contribution < -0.4 is 4.74 Å². The van der Waals surface area contributed by atoms with Gasteiger partial charge in [-0.3, -0.25) is 4.79 Å². The van der Waals surface area contributed by atoms with E-state index in [1.165, 1.54) is 18.6 Å². The van der Waals surface area contributed by atoms with Crippen molar-refractivity contribution in [1.29, 1.82) is 0 Å². The summed E-state index contributed by atoms with van der Waals surface area (Å²) in [6.45, 7) is 4.02. The summed E-state index contributed by atoms with van der Waals surface area (Å²) in [6.07, 6.45) is 6.39. The highest BCUT2D eigenvalue weighted by molar-refractivity contribution is 5.76. The average Bonchev–Trinajstić information content (AvgIpc) is 2.52. The zero-order valence-corrected chi connectivity index (χ0v) is 13.9. The van der Waals surface area contributed by atoms with Gasteiger partial charge in [0.15, 0.2) is 11.6 Å². The number of hydrogen-bond acceptors (Lipinski definition) is 2. The Labute approximate surface area is 136 Å². The third kappa shape index (κ3) is 5.81. The van der Waals surface area contributed by atoms with Crippen LogP contribution in [0.3, 0.4) is 0 Å². The van der Waals surface area contributed by atoms with Crippen LogP contribution in [0.5, 0.6) is 5.75 Å². The molecule has 0 aromatic heterocycles. The third-order valence-electron chi connectivity index (χ3n) is 3.90. The van der Waals surface area contributed by atoms with Crippen molar-refractivity contribution in [3.63, 3.8) is 0 Å². The van der Waals surface area contributed by atoms with Gasteiger partial charge in [-0.05, 0) is 19.4 Å². The second-order valence-electron chi connectivity index (χ2n) is 5.66. The minimum Gasteiger partial charge on any atom is -0.491 e. The van der Waals surface area contributed by atoms with E-state index in [2.05, 4.69) is 6.92 Å². The Balaban J connectivity index is 2.74. The van der Waals surface area contributed by atoms with Crippen molar-refractivity contribution < 1.29 is 23.4 Å². The van der Waals surface area contributed by atoms with E-state index in [4.69, 9.17) is 4.74 Å². The molecule has 0 aliphatic rings. The molecule has 0 spiro atoms. The molecule has 1 aromatic carbocycles. The highest BCUT2D eigenvalue weighted by atomic mass is 19.2. The molecule has 0 saturated heterocycles. The Bertz CT molecular complexity index is 503. The summed E-state index contributed by atoms with van der Waals surface area (Å²) < 4.78 is 33.0. The lowest BCUT2D eigenvalue weighted by Crippen LogP contribution is -2.14. The lowest BCUT2D eigenvalue weighted by Gasteiger charge is -2.15. The average molecular weight is 328 g/mol. The van der Waals surface area contributed by atoms with E-state index < -0.39 is 23.5 Å². The second-order valence-corrected chi connectivity index (χ2v) is 5.66. The van der Waals surface area contributed by atoms with Gasteiger partial charge in [-0.25, -0.2) is 4.39 Å². The van der Waals surface area contributed by atoms with E-state index in [1.54, 1.807) is 6.92 Å². The number of carbonyl (C=O) groups is 1. The molecule has 0 aliphatic carbocycles. The molecule has 0 amide bonds. The molecule has 130 valence electrons. The summed E-state index contributed by atoms with van der Waals surface area (Å²) in [5.41, 5.74) is -0.105. The molecule has 0 radical (unpaired) electrons. The minimum atomic E-state index is -1.12. The third-order valence-corrected chi connectivity index (χ3v) is 3.90. The van der Waals surface area contributed by atoms with Crippen LogP contribution in [-0.4, -0.2) is 17.7 Å². The number of ether oxygens (including phenoxy) is 1. The largest absolute Gasteiger partial charge is 0.491 e. The van der Waals surface area contributed by atoms with Gasteiger partial charge < -0.3 is 9.84 Å². The van der Waals surface area contributed by atoms with Crippen molar-refractivity contribution in [2.24, 2.45) is 0 Å². The second kappa shape index (κ2) is 10.2. The maximum atomic E-state index is 14.2. The Morgan fingerprint density at radius 3 is 2.35 bits per heavy atom. The summed E-state index contributed by atoms with van der Waals surface area (Å²) in [4.78, 5) is 11.4. The van der Waals surface area contributed by atoms with Crippen LogP contribution in [-0.2, 0) is 4.79 Å². The first-order valence-electron chi connectivity index (χ1n) is 8.36. The van der Waals surface area contributed by atoms with E-state index >= 15 is 0 Å². The SMILES string of the molecule is CCCCCCCCC(C(=O)O)c1ccc(OCC)c(F)c1F. The number of carboxylic acids is 1. The van der Waals surface area contributed by atoms with E-state index in [1.807, 2.05) is 0 Å². The smallest absolute Gasteiger partial charge is 0.311 e. The van der Waals surface area contributed by atoms with Gasteiger partial charge in [-0.15, -0.1) is 0 Å². The van der Waals surface area contributed by atoms with E-state index in [-0.39, 0.29) is 17.9 Å². The van der Waals surface area contributed by atoms with E-state index in [0.717, 1.165) is 25.7 Å². The highest BCUT2D eigenvalue weighted by Crippen LogP contribution is 2.31. The lowest BCUT2D eigenvalue weighted by atomic mass is 9.92. The van der Waals surface area contributed by atoms with Gasteiger partial charge >= 0.3 is 5.97 Å². The fourth-order valence-electron chi connectivity index (χ4n) is 2.62. The summed E-state index contributed by atoms with van der Waals surface area (Å²) >= 11 is 0. The Morgan fingerprint density at radius 2 is 1.74 bits per heavy atom. The maximum Gasteiger partial charge on any atom is 0.311 e. The Hall–Kier alpha value is -1.65. The molecular weight excluding hydrogens is 302 g/mol. The summed E-state index contributed by atoms with van der Waals surface area (Å²) in [7, 11) is 0. The number of aliphatic carboxylic acids is 1. The van der Waals surface area contributed by atoms with Crippen molar-refractivity contribution in [1.82, 2.24) is 0 Å². The van der Waals surface area contributed by atoms with Crippen LogP contribution in [0.1, 0.15) is 70.3 Å². The quantitative estimate of drug-likeness (QED) is 0.562. The summed E-state index contributed by atoms with van der Waals surface area (Å²) in [5.74, 6) is -4.56. The van der Waals surface area contributed by atoms with Crippen molar-refractivity contribution in [2.75, 3.05) is 6.61 Å². The number of hydrogen-bond donors (Lipinski definition) is 1. The number of benzene rings is 1. The first-order valence-corrected chi connectivity index (χ1v) is 8.36. The fraction of sp³-hybridized carbons (Fsp3) is 0.611. The predicted molar refractivity (Wildman–Crippen MR) is 85.9 cm³/mol. The van der Waals surface area contributed by atoms with Crippen molar-refractivity contribution in [3.8, 4) is 5.75 Å².